The predicted octanol–water partition coefficient (Wildman–Crippen LogP) is 2.01. The van der Waals surface area contributed by atoms with E-state index < -0.39 is 41.7 Å². The van der Waals surface area contributed by atoms with Crippen LogP contribution in [0.5, 0.6) is 40.2 Å². The van der Waals surface area contributed by atoms with Crippen molar-refractivity contribution < 1.29 is 52.0 Å². The summed E-state index contributed by atoms with van der Waals surface area (Å²) in [5.74, 6) is -1.89. The Bertz CT molecular complexity index is 2490. The van der Waals surface area contributed by atoms with Crippen LogP contribution in [0.25, 0.3) is 44.3 Å². The molecule has 0 saturated carbocycles. The summed E-state index contributed by atoms with van der Waals surface area (Å²) in [4.78, 5) is 52.7. The van der Waals surface area contributed by atoms with Gasteiger partial charge in [-0.15, -0.1) is 0 Å². The fraction of sp³-hybridized carbons (Fsp3) is 0.316. The molecule has 0 amide bonds. The van der Waals surface area contributed by atoms with E-state index >= 15 is 0 Å². The molecule has 1 aliphatic heterocycles. The van der Waals surface area contributed by atoms with E-state index in [0.29, 0.717) is 38.7 Å². The van der Waals surface area contributed by atoms with Gasteiger partial charge in [0.25, 0.3) is 0 Å². The molecule has 3 aromatic carbocycles. The number of nitrogens with zero attached hydrogens (tertiary/aromatic N) is 1. The van der Waals surface area contributed by atoms with Crippen molar-refractivity contribution in [1.29, 1.82) is 0 Å². The third-order valence-electron chi connectivity index (χ3n) is 9.29. The molecule has 3 atom stereocenters. The predicted molar refractivity (Wildman–Crippen MR) is 216 cm³/mol. The van der Waals surface area contributed by atoms with Crippen LogP contribution < -0.4 is 56.0 Å². The van der Waals surface area contributed by atoms with Crippen molar-refractivity contribution in [2.45, 2.75) is 31.1 Å². The number of benzene rings is 3. The molecule has 0 radical (unpaired) electrons. The van der Waals surface area contributed by atoms with E-state index in [1.165, 1.54) is 40.6 Å². The van der Waals surface area contributed by atoms with Gasteiger partial charge in [-0.1, -0.05) is 6.07 Å². The van der Waals surface area contributed by atoms with Gasteiger partial charge < -0.3 is 97.2 Å². The summed E-state index contributed by atoms with van der Waals surface area (Å²) in [6, 6.07) is 6.22. The molecule has 0 unspecified atom stereocenters. The van der Waals surface area contributed by atoms with Crippen LogP contribution >= 0.6 is 0 Å². The van der Waals surface area contributed by atoms with Crippen LogP contribution in [0.3, 0.4) is 0 Å². The van der Waals surface area contributed by atoms with Crippen molar-refractivity contribution in [3.05, 3.63) is 52.4 Å². The smallest absolute Gasteiger partial charge is 0.361 e. The van der Waals surface area contributed by atoms with E-state index in [2.05, 4.69) is 0 Å². The summed E-state index contributed by atoms with van der Waals surface area (Å²) in [6.45, 7) is 0.194. The fourth-order valence-corrected chi connectivity index (χ4v) is 6.94. The second-order valence-electron chi connectivity index (χ2n) is 12.7. The molecule has 1 aliphatic rings. The summed E-state index contributed by atoms with van der Waals surface area (Å²) in [6.07, 6.45) is 0.248. The minimum Gasteiger partial charge on any atom is -0.791 e. The molecule has 0 bridgehead atoms. The number of nitrogens with two attached hydrogens (primary N) is 3. The summed E-state index contributed by atoms with van der Waals surface area (Å²) >= 11 is 14.9. The molecule has 2 aromatic heterocycles. The van der Waals surface area contributed by atoms with E-state index in [1.54, 1.807) is 28.8 Å². The van der Waals surface area contributed by atoms with Gasteiger partial charge in [-0.25, -0.2) is 4.79 Å². The molecule has 5 aromatic rings. The van der Waals surface area contributed by atoms with Gasteiger partial charge in [-0.2, -0.15) is 17.3 Å². The summed E-state index contributed by atoms with van der Waals surface area (Å²) < 4.78 is 47.4. The third-order valence-corrected chi connectivity index (χ3v) is 10.4. The Kier molecular flexibility index (Phi) is 14.3. The number of rotatable bonds is 14. The van der Waals surface area contributed by atoms with E-state index in [4.69, 9.17) is 92.7 Å². The zero-order valence-electron chi connectivity index (χ0n) is 31.9. The maximum atomic E-state index is 14.2. The Morgan fingerprint density at radius 3 is 1.80 bits per heavy atom. The number of methoxy groups -OCH3 is 4. The summed E-state index contributed by atoms with van der Waals surface area (Å²) in [7, 11) is 5.61. The van der Waals surface area contributed by atoms with Crippen LogP contribution in [-0.4, -0.2) is 86.3 Å². The van der Waals surface area contributed by atoms with Crippen molar-refractivity contribution in [2.24, 2.45) is 17.2 Å². The van der Waals surface area contributed by atoms with Crippen LogP contribution in [0, 0.1) is 0 Å². The first-order chi connectivity index (χ1) is 27.3. The van der Waals surface area contributed by atoms with Gasteiger partial charge in [0.2, 0.25) is 5.75 Å². The molecule has 6 N–H and O–H groups in total. The standard InChI is InChI=1S/C38H40N4O12S3.3Fm/c1-47-25-9-16(5-6-23(25)51-35(43)20(39)13-55)29-30-19-11-26(48-2)27(53-36(44)21(40)14-56)12-24(19)52-38(46)32(30)42-8-7-17-18(31(29)42)10-28(49-3)34(50-4)33(17)54-37(45)22(41)15-57;;;/h5-6,9-12,20-22,55-57H,7-8,13-15,39-41H2,1-4H3;;;/p-3/t20-,21-,22-;;;/m0.../s1. The number of aryl methyl sites for hydroxylation is 1. The van der Waals surface area contributed by atoms with Crippen molar-refractivity contribution in [3.63, 3.8) is 0 Å². The van der Waals surface area contributed by atoms with E-state index in [1.807, 2.05) is 0 Å². The molecule has 0 fully saturated rings. The van der Waals surface area contributed by atoms with Gasteiger partial charge in [-0.05, 0) is 36.2 Å². The Hall–Kier alpha value is -8.05. The van der Waals surface area contributed by atoms with Gasteiger partial charge in [0.05, 0.1) is 52.3 Å². The zero-order chi connectivity index (χ0) is 41.3. The number of hydrogen-bond acceptors (Lipinski definition) is 18. The first-order valence-electron chi connectivity index (χ1n) is 17.2. The van der Waals surface area contributed by atoms with Crippen LogP contribution in [0.1, 0.15) is 5.56 Å². The number of carbonyl (C=O) groups excluding carboxylic acids is 3. The average Bonchev–Trinajstić information content (AvgIpc) is 3.58. The Morgan fingerprint density at radius 2 is 1.25 bits per heavy atom. The molecule has 3 heterocycles. The second-order valence-corrected chi connectivity index (χ2v) is 13.7. The van der Waals surface area contributed by atoms with Crippen molar-refractivity contribution in [3.8, 4) is 62.6 Å². The number of carbonyl (C=O) groups is 3. The SMILES string of the molecule is COc1cc(-c2c3n(c4c(=O)oc5cc(OC(=O)[C@@H](N)C[S-])c(OC)cc5c24)CCc2c-3cc(OC)c(OC)c2OC(=O)[C@@H](N)C[S-])ccc1OC(=O)[C@@H](N)C[S-].[Fm].[Fm].[Fm]. The van der Waals surface area contributed by atoms with Crippen molar-refractivity contribution in [2.75, 3.05) is 45.7 Å². The Balaban J connectivity index is 0.00000320. The summed E-state index contributed by atoms with van der Waals surface area (Å²) in [5.41, 5.74) is 19.6. The number of aromatic nitrogens is 1. The van der Waals surface area contributed by atoms with E-state index in [-0.39, 0.29) is 81.6 Å². The second kappa shape index (κ2) is 18.5. The number of hydrogen-bond donors (Lipinski definition) is 3. The maximum absolute atomic E-state index is 14.2. The molecular formula is C38H37Fm3N4O12S3-3. The fourth-order valence-electron chi connectivity index (χ4n) is 6.53. The monoisotopic (exact) mass is 1610 g/mol. The molecule has 0 aliphatic carbocycles. The molecule has 0 saturated heterocycles. The quantitative estimate of drug-likeness (QED) is 0.0625. The molecular weight excluding hydrogens is 1570 g/mol. The normalized spacial score (nSPS) is 12.9. The zero-order valence-corrected chi connectivity index (χ0v) is 41.6. The average molecular weight is 1610 g/mol. The van der Waals surface area contributed by atoms with Gasteiger partial charge in [0, 0.05) is 40.1 Å². The van der Waals surface area contributed by atoms with Crippen molar-refractivity contribution in [1.82, 2.24) is 4.57 Å². The minimum atomic E-state index is -1.10. The van der Waals surface area contributed by atoms with E-state index in [0.717, 1.165) is 0 Å². The van der Waals surface area contributed by atoms with Crippen LogP contribution in [0.4, 0.5) is 0 Å². The molecule has 16 nitrogen and oxygen atoms in total. The first kappa shape index (κ1) is 46.3. The number of ether oxygens (including phenoxy) is 7. The van der Waals surface area contributed by atoms with Crippen molar-refractivity contribution >= 4 is 77.7 Å². The van der Waals surface area contributed by atoms with E-state index in [9.17, 15) is 19.2 Å². The maximum Gasteiger partial charge on any atom is 0.361 e. The Labute approximate surface area is 342 Å². The van der Waals surface area contributed by atoms with Gasteiger partial charge >= 0.3 is 23.5 Å². The minimum absolute atomic E-state index is 0. The summed E-state index contributed by atoms with van der Waals surface area (Å²) in [5, 5.41) is 0.797. The molecule has 338 valence electrons. The van der Waals surface area contributed by atoms with Crippen LogP contribution in [0.2, 0.25) is 0 Å². The molecule has 0 spiro atoms. The largest absolute Gasteiger partial charge is 0.791 e. The van der Waals surface area contributed by atoms with Crippen LogP contribution in [-0.2, 0) is 65.2 Å². The third kappa shape index (κ3) is 7.79. The number of fused-ring (bicyclic) bond motifs is 7. The van der Waals surface area contributed by atoms with Gasteiger partial charge in [0.15, 0.2) is 34.5 Å². The molecule has 6 rings (SSSR count). The first-order valence-corrected chi connectivity index (χ1v) is 18.9. The molecule has 22 heteroatoms. The molecule has 60 heavy (non-hydrogen) atoms. The number of esters is 3. The topological polar surface area (TPSA) is 229 Å². The Morgan fingerprint density at radius 1 is 0.700 bits per heavy atom. The van der Waals surface area contributed by atoms with Gasteiger partial charge in [-0.3, -0.25) is 14.4 Å². The van der Waals surface area contributed by atoms with Crippen LogP contribution in [0.15, 0.2) is 45.6 Å². The van der Waals surface area contributed by atoms with Gasteiger partial charge in [0.1, 0.15) is 11.1 Å².